The molecule has 0 N–H and O–H groups in total. The van der Waals surface area contributed by atoms with E-state index in [0.717, 1.165) is 0 Å². The van der Waals surface area contributed by atoms with Crippen molar-refractivity contribution in [1.82, 2.24) is 0 Å². The summed E-state index contributed by atoms with van der Waals surface area (Å²) in [5, 5.41) is 24.3. The van der Waals surface area contributed by atoms with E-state index in [-0.39, 0.29) is 12.8 Å². The number of carboxylic acids is 2. The first-order valence-electron chi connectivity index (χ1n) is 8.63. The summed E-state index contributed by atoms with van der Waals surface area (Å²) in [6, 6.07) is 0. The van der Waals surface area contributed by atoms with Gasteiger partial charge in [-0.3, -0.25) is 0 Å². The van der Waals surface area contributed by atoms with Gasteiger partial charge in [0.25, 0.3) is 0 Å². The number of aliphatic carboxylic acids is 2. The Hall–Kier alpha value is -1.13. The molecule has 0 aliphatic heterocycles. The van der Waals surface area contributed by atoms with Gasteiger partial charge >= 0.3 is 17.6 Å². The molecule has 0 heterocycles. The molecule has 0 aromatic heterocycles. The molecule has 0 amide bonds. The van der Waals surface area contributed by atoms with Gasteiger partial charge in [-0.2, -0.15) is 0 Å². The van der Waals surface area contributed by atoms with Crippen molar-refractivity contribution in [2.75, 3.05) is 42.7 Å². The van der Waals surface area contributed by atoms with Gasteiger partial charge in [-0.25, -0.2) is 0 Å². The first-order valence-corrected chi connectivity index (χ1v) is 12.2. The predicted octanol–water partition coefficient (Wildman–Crippen LogP) is -0.901. The third kappa shape index (κ3) is 5.07. The molecule has 0 radical (unpaired) electrons. The van der Waals surface area contributed by atoms with E-state index in [1.54, 1.807) is 13.8 Å². The monoisotopic (exact) mass is 438 g/mol. The molecule has 10 nitrogen and oxygen atoms in total. The largest absolute Gasteiger partial charge is 0.545 e. The average molecular weight is 439 g/mol. The van der Waals surface area contributed by atoms with Crippen LogP contribution in [0.25, 0.3) is 0 Å². The molecule has 0 saturated heterocycles. The zero-order chi connectivity index (χ0) is 22.1. The molecule has 28 heavy (non-hydrogen) atoms. The van der Waals surface area contributed by atoms with Gasteiger partial charge in [0, 0.05) is 42.7 Å². The summed E-state index contributed by atoms with van der Waals surface area (Å²) in [6.07, 6.45) is 0.305. The third-order valence-corrected chi connectivity index (χ3v) is 11.3. The normalized spacial score (nSPS) is 15.7. The van der Waals surface area contributed by atoms with Crippen LogP contribution in [0.2, 0.25) is 11.1 Å². The molecule has 2 atom stereocenters. The van der Waals surface area contributed by atoms with Gasteiger partial charge in [0.2, 0.25) is 0 Å². The molecule has 0 aliphatic carbocycles. The lowest BCUT2D eigenvalue weighted by Crippen LogP contribution is -2.54. The molecule has 0 rings (SSSR count). The second-order valence-corrected chi connectivity index (χ2v) is 12.0. The Balaban J connectivity index is 7.10. The maximum Gasteiger partial charge on any atom is 0.508 e. The Morgan fingerprint density at radius 3 is 0.964 bits per heavy atom. The SMILES string of the molecule is CCC(/C(C(=O)[O-])=C(/C(=O)[O-])C(CC)[Si](OC)(OC)OC)[Si](OC)(OC)OC. The lowest BCUT2D eigenvalue weighted by atomic mass is 9.98. The lowest BCUT2D eigenvalue weighted by molar-refractivity contribution is -0.304. The van der Waals surface area contributed by atoms with Gasteiger partial charge in [-0.1, -0.05) is 13.8 Å². The number of carbonyl (C=O) groups is 2. The maximum atomic E-state index is 12.1. The van der Waals surface area contributed by atoms with Crippen molar-refractivity contribution in [3.05, 3.63) is 11.1 Å². The fourth-order valence-corrected chi connectivity index (χ4v) is 8.46. The van der Waals surface area contributed by atoms with E-state index >= 15 is 0 Å². The number of carbonyl (C=O) groups excluding carboxylic acids is 2. The Morgan fingerprint density at radius 1 is 0.643 bits per heavy atom. The first kappa shape index (κ1) is 26.9. The van der Waals surface area contributed by atoms with Crippen molar-refractivity contribution < 1.29 is 46.4 Å². The number of rotatable bonds is 14. The molecule has 0 spiro atoms. The average Bonchev–Trinajstić information content (AvgIpc) is 2.70. The molecule has 164 valence electrons. The van der Waals surface area contributed by atoms with Crippen LogP contribution >= 0.6 is 0 Å². The molecular formula is C16H30O10Si2-2. The van der Waals surface area contributed by atoms with Crippen LogP contribution in [0, 0.1) is 0 Å². The first-order chi connectivity index (χ1) is 13.1. The minimum absolute atomic E-state index is 0.153. The highest BCUT2D eigenvalue weighted by Gasteiger charge is 2.53. The molecule has 0 aromatic rings. The second-order valence-electron chi connectivity index (χ2n) is 5.76. The quantitative estimate of drug-likeness (QED) is 0.248. The summed E-state index contributed by atoms with van der Waals surface area (Å²) in [5.41, 5.74) is -3.13. The summed E-state index contributed by atoms with van der Waals surface area (Å²) < 4.78 is 32.4. The molecular weight excluding hydrogens is 408 g/mol. The number of hydrogen-bond acceptors (Lipinski definition) is 10. The van der Waals surface area contributed by atoms with Crippen molar-refractivity contribution in [1.29, 1.82) is 0 Å². The van der Waals surface area contributed by atoms with E-state index in [4.69, 9.17) is 26.6 Å². The van der Waals surface area contributed by atoms with Gasteiger partial charge < -0.3 is 46.4 Å². The van der Waals surface area contributed by atoms with Gasteiger partial charge in [-0.05, 0) is 24.0 Å². The predicted molar refractivity (Wildman–Crippen MR) is 98.7 cm³/mol. The van der Waals surface area contributed by atoms with E-state index in [0.29, 0.717) is 0 Å². The summed E-state index contributed by atoms with van der Waals surface area (Å²) in [4.78, 5) is 24.3. The molecule has 0 saturated carbocycles. The number of carboxylic acid groups (broad SMARTS) is 2. The van der Waals surface area contributed by atoms with Crippen molar-refractivity contribution in [3.63, 3.8) is 0 Å². The summed E-state index contributed by atoms with van der Waals surface area (Å²) in [6.45, 7) is 3.32. The molecule has 0 bridgehead atoms. The Morgan fingerprint density at radius 2 is 0.857 bits per heavy atom. The van der Waals surface area contributed by atoms with Crippen LogP contribution in [0.5, 0.6) is 0 Å². The van der Waals surface area contributed by atoms with Crippen LogP contribution in [0.15, 0.2) is 11.1 Å². The smallest absolute Gasteiger partial charge is 0.508 e. The van der Waals surface area contributed by atoms with E-state index in [2.05, 4.69) is 0 Å². The van der Waals surface area contributed by atoms with Crippen LogP contribution in [0.4, 0.5) is 0 Å². The maximum absolute atomic E-state index is 12.1. The van der Waals surface area contributed by atoms with Crippen molar-refractivity contribution in [2.45, 2.75) is 37.8 Å². The molecule has 2 unspecified atom stereocenters. The van der Waals surface area contributed by atoms with Crippen molar-refractivity contribution >= 4 is 29.5 Å². The standard InChI is InChI=1S/C16H32O10Si2/c1-9-11(27(21-3,22-4)23-5)13(15(17)18)14(16(19)20)12(10-2)28(24-6,25-7)26-8/h11-12H,9-10H2,1-8H3,(H,17,18)(H,19,20)/p-2/b14-13-. The minimum atomic E-state index is -3.61. The van der Waals surface area contributed by atoms with Crippen LogP contribution in [-0.4, -0.2) is 72.2 Å². The Labute approximate surface area is 168 Å². The van der Waals surface area contributed by atoms with Gasteiger partial charge in [-0.15, -0.1) is 0 Å². The van der Waals surface area contributed by atoms with Gasteiger partial charge in [0.15, 0.2) is 0 Å². The zero-order valence-electron chi connectivity index (χ0n) is 17.7. The summed E-state index contributed by atoms with van der Waals surface area (Å²) in [5.74, 6) is -3.39. The van der Waals surface area contributed by atoms with E-state index in [1.165, 1.54) is 42.7 Å². The van der Waals surface area contributed by atoms with E-state index in [1.807, 2.05) is 0 Å². The van der Waals surface area contributed by atoms with E-state index < -0.39 is 51.8 Å². The highest BCUT2D eigenvalue weighted by molar-refractivity contribution is 6.65. The Bertz CT molecular complexity index is 493. The molecule has 0 fully saturated rings. The van der Waals surface area contributed by atoms with Crippen LogP contribution in [-0.2, 0) is 36.1 Å². The van der Waals surface area contributed by atoms with Crippen LogP contribution in [0.3, 0.4) is 0 Å². The summed E-state index contributed by atoms with van der Waals surface area (Å²) in [7, 11) is 0.640. The highest BCUT2D eigenvalue weighted by atomic mass is 28.4. The minimum Gasteiger partial charge on any atom is -0.545 e. The molecule has 12 heteroatoms. The van der Waals surface area contributed by atoms with Gasteiger partial charge in [0.1, 0.15) is 0 Å². The highest BCUT2D eigenvalue weighted by Crippen LogP contribution is 2.42. The zero-order valence-corrected chi connectivity index (χ0v) is 19.7. The van der Waals surface area contributed by atoms with E-state index in [9.17, 15) is 19.8 Å². The fourth-order valence-electron chi connectivity index (χ4n) is 3.50. The molecule has 0 aliphatic rings. The molecule has 0 aromatic carbocycles. The number of hydrogen-bond donors (Lipinski definition) is 0. The third-order valence-electron chi connectivity index (χ3n) is 4.80. The topological polar surface area (TPSA) is 136 Å². The summed E-state index contributed by atoms with van der Waals surface area (Å²) >= 11 is 0. The van der Waals surface area contributed by atoms with Crippen LogP contribution < -0.4 is 10.2 Å². The Kier molecular flexibility index (Phi) is 11.3. The fraction of sp³-hybridized carbons (Fsp3) is 0.750. The second kappa shape index (κ2) is 11.8. The van der Waals surface area contributed by atoms with Gasteiger partial charge in [0.05, 0.1) is 23.0 Å². The van der Waals surface area contributed by atoms with Crippen molar-refractivity contribution in [2.24, 2.45) is 0 Å². The van der Waals surface area contributed by atoms with Crippen LogP contribution in [0.1, 0.15) is 26.7 Å². The van der Waals surface area contributed by atoms with Crippen molar-refractivity contribution in [3.8, 4) is 0 Å². The lowest BCUT2D eigenvalue weighted by Gasteiger charge is -2.39.